The average Bonchev–Trinajstić information content (AvgIpc) is 3.36. The fourth-order valence-corrected chi connectivity index (χ4v) is 3.09. The second-order valence-corrected chi connectivity index (χ2v) is 6.55. The van der Waals surface area contributed by atoms with Crippen LogP contribution in [0.5, 0.6) is 11.5 Å². The Bertz CT molecular complexity index is 905. The predicted molar refractivity (Wildman–Crippen MR) is 101 cm³/mol. The van der Waals surface area contributed by atoms with E-state index < -0.39 is 0 Å². The molecule has 0 unspecified atom stereocenters. The first kappa shape index (κ1) is 17.5. The number of hydrogen-bond acceptors (Lipinski definition) is 6. The predicted octanol–water partition coefficient (Wildman–Crippen LogP) is 4.05. The van der Waals surface area contributed by atoms with Crippen LogP contribution in [0, 0.1) is 0 Å². The Labute approximate surface area is 158 Å². The van der Waals surface area contributed by atoms with Gasteiger partial charge in [-0.15, -0.1) is 0 Å². The third kappa shape index (κ3) is 3.95. The Morgan fingerprint density at radius 1 is 0.926 bits per heavy atom. The molecule has 2 heterocycles. The number of aryl methyl sites for hydroxylation is 1. The largest absolute Gasteiger partial charge is 0.454 e. The van der Waals surface area contributed by atoms with Crippen LogP contribution in [0.1, 0.15) is 30.9 Å². The lowest BCUT2D eigenvalue weighted by Crippen LogP contribution is -2.22. The maximum atomic E-state index is 5.47. The van der Waals surface area contributed by atoms with Gasteiger partial charge in [0.15, 0.2) is 11.5 Å². The van der Waals surface area contributed by atoms with E-state index in [1.54, 1.807) is 0 Å². The van der Waals surface area contributed by atoms with E-state index in [2.05, 4.69) is 47.1 Å². The topological polar surface area (TPSA) is 60.6 Å². The van der Waals surface area contributed by atoms with E-state index in [-0.39, 0.29) is 0 Å². The Hall–Kier alpha value is -2.86. The molecule has 0 amide bonds. The fourth-order valence-electron chi connectivity index (χ4n) is 3.09. The van der Waals surface area contributed by atoms with Crippen molar-refractivity contribution >= 4 is 0 Å². The molecule has 6 heteroatoms. The van der Waals surface area contributed by atoms with Crippen LogP contribution in [0.3, 0.4) is 0 Å². The summed E-state index contributed by atoms with van der Waals surface area (Å²) in [5.74, 6) is 2.86. The Balaban J connectivity index is 1.43. The standard InChI is InChI=1S/C21H23N3O3/c1-3-15-5-8-17(9-6-15)21-22-20(27-23-21)13-24(4-2)12-16-7-10-18-19(11-16)26-14-25-18/h5-11H,3-4,12-14H2,1-2H3. The van der Waals surface area contributed by atoms with Crippen LogP contribution in [0.2, 0.25) is 0 Å². The minimum atomic E-state index is 0.292. The molecule has 0 bridgehead atoms. The van der Waals surface area contributed by atoms with Crippen molar-refractivity contribution in [2.45, 2.75) is 33.4 Å². The van der Waals surface area contributed by atoms with Crippen molar-refractivity contribution in [2.24, 2.45) is 0 Å². The lowest BCUT2D eigenvalue weighted by molar-refractivity contribution is 0.174. The first-order chi connectivity index (χ1) is 13.2. The Morgan fingerprint density at radius 3 is 2.48 bits per heavy atom. The first-order valence-corrected chi connectivity index (χ1v) is 9.28. The summed E-state index contributed by atoms with van der Waals surface area (Å²) in [7, 11) is 0. The zero-order chi connectivity index (χ0) is 18.6. The van der Waals surface area contributed by atoms with Crippen LogP contribution >= 0.6 is 0 Å². The van der Waals surface area contributed by atoms with Crippen molar-refractivity contribution in [3.05, 3.63) is 59.5 Å². The summed E-state index contributed by atoms with van der Waals surface area (Å²) in [5.41, 5.74) is 3.43. The van der Waals surface area contributed by atoms with Gasteiger partial charge in [-0.2, -0.15) is 4.98 Å². The summed E-state index contributed by atoms with van der Waals surface area (Å²) >= 11 is 0. The summed E-state index contributed by atoms with van der Waals surface area (Å²) in [5, 5.41) is 4.13. The highest BCUT2D eigenvalue weighted by atomic mass is 16.7. The Morgan fingerprint density at radius 2 is 1.70 bits per heavy atom. The molecule has 0 saturated carbocycles. The van der Waals surface area contributed by atoms with Gasteiger partial charge in [-0.25, -0.2) is 0 Å². The maximum absolute atomic E-state index is 5.47. The van der Waals surface area contributed by atoms with Gasteiger partial charge < -0.3 is 14.0 Å². The molecule has 4 rings (SSSR count). The van der Waals surface area contributed by atoms with Crippen molar-refractivity contribution in [1.29, 1.82) is 0 Å². The van der Waals surface area contributed by atoms with E-state index in [0.717, 1.165) is 42.1 Å². The second kappa shape index (κ2) is 7.80. The van der Waals surface area contributed by atoms with E-state index >= 15 is 0 Å². The van der Waals surface area contributed by atoms with Crippen LogP contribution < -0.4 is 9.47 Å². The number of benzene rings is 2. The number of ether oxygens (including phenoxy) is 2. The molecule has 0 radical (unpaired) electrons. The first-order valence-electron chi connectivity index (χ1n) is 9.28. The monoisotopic (exact) mass is 365 g/mol. The third-order valence-electron chi connectivity index (χ3n) is 4.74. The summed E-state index contributed by atoms with van der Waals surface area (Å²) < 4.78 is 16.3. The van der Waals surface area contributed by atoms with Crippen molar-refractivity contribution in [2.75, 3.05) is 13.3 Å². The van der Waals surface area contributed by atoms with Gasteiger partial charge in [-0.1, -0.05) is 49.3 Å². The third-order valence-corrected chi connectivity index (χ3v) is 4.74. The molecular weight excluding hydrogens is 342 g/mol. The highest BCUT2D eigenvalue weighted by Crippen LogP contribution is 2.32. The molecule has 27 heavy (non-hydrogen) atoms. The van der Waals surface area contributed by atoms with Gasteiger partial charge in [-0.3, -0.25) is 4.90 Å². The molecular formula is C21H23N3O3. The number of rotatable bonds is 7. The lowest BCUT2D eigenvalue weighted by atomic mass is 10.1. The minimum absolute atomic E-state index is 0.292. The highest BCUT2D eigenvalue weighted by Gasteiger charge is 2.16. The van der Waals surface area contributed by atoms with E-state index in [4.69, 9.17) is 14.0 Å². The van der Waals surface area contributed by atoms with E-state index in [1.165, 1.54) is 5.56 Å². The number of fused-ring (bicyclic) bond motifs is 1. The molecule has 0 spiro atoms. The Kier molecular flexibility index (Phi) is 5.07. The average molecular weight is 365 g/mol. The molecule has 1 aliphatic heterocycles. The molecule has 1 aliphatic rings. The van der Waals surface area contributed by atoms with Crippen molar-refractivity contribution in [1.82, 2.24) is 15.0 Å². The summed E-state index contributed by atoms with van der Waals surface area (Å²) in [6, 6.07) is 14.3. The smallest absolute Gasteiger partial charge is 0.241 e. The quantitative estimate of drug-likeness (QED) is 0.629. The van der Waals surface area contributed by atoms with Crippen molar-refractivity contribution in [3.63, 3.8) is 0 Å². The van der Waals surface area contributed by atoms with Gasteiger partial charge in [0.25, 0.3) is 0 Å². The van der Waals surface area contributed by atoms with Crippen LogP contribution in [0.25, 0.3) is 11.4 Å². The van der Waals surface area contributed by atoms with E-state index in [9.17, 15) is 0 Å². The molecule has 0 fully saturated rings. The number of aromatic nitrogens is 2. The molecule has 140 valence electrons. The van der Waals surface area contributed by atoms with Gasteiger partial charge in [-0.05, 0) is 36.2 Å². The fraction of sp³-hybridized carbons (Fsp3) is 0.333. The van der Waals surface area contributed by atoms with E-state index in [0.29, 0.717) is 25.1 Å². The molecule has 0 atom stereocenters. The maximum Gasteiger partial charge on any atom is 0.241 e. The van der Waals surface area contributed by atoms with Crippen LogP contribution in [0.4, 0.5) is 0 Å². The molecule has 0 aliphatic carbocycles. The molecule has 2 aromatic carbocycles. The number of hydrogen-bond donors (Lipinski definition) is 0. The summed E-state index contributed by atoms with van der Waals surface area (Å²) in [6.07, 6.45) is 1.02. The van der Waals surface area contributed by atoms with Crippen molar-refractivity contribution < 1.29 is 14.0 Å². The lowest BCUT2D eigenvalue weighted by Gasteiger charge is -2.18. The van der Waals surface area contributed by atoms with Gasteiger partial charge in [0.2, 0.25) is 18.5 Å². The number of nitrogens with zero attached hydrogens (tertiary/aromatic N) is 3. The molecule has 6 nitrogen and oxygen atoms in total. The highest BCUT2D eigenvalue weighted by molar-refractivity contribution is 5.54. The molecule has 0 saturated heterocycles. The zero-order valence-electron chi connectivity index (χ0n) is 15.6. The zero-order valence-corrected chi connectivity index (χ0v) is 15.6. The second-order valence-electron chi connectivity index (χ2n) is 6.55. The SMILES string of the molecule is CCc1ccc(-c2noc(CN(CC)Cc3ccc4c(c3)OCO4)n2)cc1. The molecule has 0 N–H and O–H groups in total. The van der Waals surface area contributed by atoms with E-state index in [1.807, 2.05) is 24.3 Å². The normalized spacial score (nSPS) is 12.7. The minimum Gasteiger partial charge on any atom is -0.454 e. The van der Waals surface area contributed by atoms with Crippen molar-refractivity contribution in [3.8, 4) is 22.9 Å². The van der Waals surface area contributed by atoms with Crippen LogP contribution in [-0.4, -0.2) is 28.4 Å². The molecule has 1 aromatic heterocycles. The summed E-state index contributed by atoms with van der Waals surface area (Å²) in [4.78, 5) is 6.80. The van der Waals surface area contributed by atoms with Crippen LogP contribution in [0.15, 0.2) is 47.0 Å². The molecule has 3 aromatic rings. The van der Waals surface area contributed by atoms with Gasteiger partial charge in [0.1, 0.15) is 0 Å². The van der Waals surface area contributed by atoms with Gasteiger partial charge in [0.05, 0.1) is 6.54 Å². The van der Waals surface area contributed by atoms with Crippen LogP contribution in [-0.2, 0) is 19.5 Å². The summed E-state index contributed by atoms with van der Waals surface area (Å²) in [6.45, 7) is 6.80. The van der Waals surface area contributed by atoms with Gasteiger partial charge >= 0.3 is 0 Å². The van der Waals surface area contributed by atoms with Gasteiger partial charge in [0, 0.05) is 12.1 Å².